The number of hydrogen-bond donors (Lipinski definition) is 0. The summed E-state index contributed by atoms with van der Waals surface area (Å²) in [6.07, 6.45) is 1.81. The first kappa shape index (κ1) is 22.8. The molecule has 1 aromatic rings. The standard InChI is InChI=1S/C18H29N3O5S2/c1-5-13-18(17(22)26-6-2)14-10-15-21(18)28(24,25)19-27(23,20(3)4)16-11-8-7-9-12-16/h7-9,11-12H,5-6,10,13-15H2,1-4H3. The minimum Gasteiger partial charge on any atom is -0.465 e. The second-order valence-electron chi connectivity index (χ2n) is 6.85. The predicted molar refractivity (Wildman–Crippen MR) is 108 cm³/mol. The Hall–Kier alpha value is -1.49. The fraction of sp³-hybridized carbons (Fsp3) is 0.611. The smallest absolute Gasteiger partial charge is 0.332 e. The molecule has 0 amide bonds. The molecule has 0 saturated carbocycles. The van der Waals surface area contributed by atoms with Crippen molar-refractivity contribution in [1.29, 1.82) is 0 Å². The van der Waals surface area contributed by atoms with Gasteiger partial charge in [-0.15, -0.1) is 0 Å². The Kier molecular flexibility index (Phi) is 7.24. The number of carbonyl (C=O) groups is 1. The normalized spacial score (nSPS) is 22.8. The SMILES string of the molecule is CCCC1(C(=O)OCC)CCCN1S(=O)(=O)N=S(=O)(c1ccccc1)N(C)C. The van der Waals surface area contributed by atoms with Crippen LogP contribution < -0.4 is 0 Å². The highest BCUT2D eigenvalue weighted by Crippen LogP contribution is 2.38. The summed E-state index contributed by atoms with van der Waals surface area (Å²) in [7, 11) is -4.74. The summed E-state index contributed by atoms with van der Waals surface area (Å²) in [6, 6.07) is 8.26. The van der Waals surface area contributed by atoms with E-state index in [1.165, 1.54) is 18.4 Å². The summed E-state index contributed by atoms with van der Waals surface area (Å²) in [4.78, 5) is 13.0. The molecular weight excluding hydrogens is 402 g/mol. The number of hydrogen-bond acceptors (Lipinski definition) is 5. The maximum absolute atomic E-state index is 13.6. The highest BCUT2D eigenvalue weighted by molar-refractivity contribution is 8.01. The Balaban J connectivity index is 2.61. The molecule has 0 bridgehead atoms. The van der Waals surface area contributed by atoms with E-state index in [0.29, 0.717) is 30.6 Å². The van der Waals surface area contributed by atoms with Gasteiger partial charge in [0.1, 0.15) is 5.54 Å². The van der Waals surface area contributed by atoms with Crippen molar-refractivity contribution in [3.8, 4) is 0 Å². The first-order valence-electron chi connectivity index (χ1n) is 9.35. The van der Waals surface area contributed by atoms with Gasteiger partial charge in [-0.2, -0.15) is 12.7 Å². The van der Waals surface area contributed by atoms with Crippen molar-refractivity contribution in [2.45, 2.75) is 50.0 Å². The average molecular weight is 432 g/mol. The topological polar surface area (TPSA) is 96.3 Å². The van der Waals surface area contributed by atoms with E-state index in [2.05, 4.69) is 3.77 Å². The quantitative estimate of drug-likeness (QED) is 0.589. The zero-order valence-corrected chi connectivity index (χ0v) is 18.5. The molecule has 1 heterocycles. The molecule has 2 unspecified atom stereocenters. The van der Waals surface area contributed by atoms with Gasteiger partial charge in [0.25, 0.3) is 0 Å². The molecule has 0 N–H and O–H groups in total. The fourth-order valence-electron chi connectivity index (χ4n) is 3.51. The van der Waals surface area contributed by atoms with E-state index in [4.69, 9.17) is 4.74 Å². The van der Waals surface area contributed by atoms with E-state index in [-0.39, 0.29) is 13.2 Å². The Labute approximate surface area is 168 Å². The molecule has 158 valence electrons. The predicted octanol–water partition coefficient (Wildman–Crippen LogP) is 2.43. The highest BCUT2D eigenvalue weighted by Gasteiger charge is 2.53. The number of carbonyl (C=O) groups excluding carboxylic acids is 1. The van der Waals surface area contributed by atoms with Crippen molar-refractivity contribution in [1.82, 2.24) is 8.61 Å². The van der Waals surface area contributed by atoms with Crippen LogP contribution in [0.5, 0.6) is 0 Å². The monoisotopic (exact) mass is 431 g/mol. The second-order valence-corrected chi connectivity index (χ2v) is 11.0. The molecular formula is C18H29N3O5S2. The van der Waals surface area contributed by atoms with Crippen LogP contribution in [0.2, 0.25) is 0 Å². The van der Waals surface area contributed by atoms with Crippen LogP contribution in [0.4, 0.5) is 0 Å². The van der Waals surface area contributed by atoms with Gasteiger partial charge in [0.15, 0.2) is 9.92 Å². The first-order valence-corrected chi connectivity index (χ1v) is 12.2. The molecule has 1 saturated heterocycles. The van der Waals surface area contributed by atoms with E-state index < -0.39 is 31.6 Å². The third-order valence-electron chi connectivity index (χ3n) is 4.77. The molecule has 28 heavy (non-hydrogen) atoms. The lowest BCUT2D eigenvalue weighted by Gasteiger charge is -2.34. The molecule has 0 aromatic heterocycles. The lowest BCUT2D eigenvalue weighted by molar-refractivity contribution is -0.154. The lowest BCUT2D eigenvalue weighted by atomic mass is 9.92. The van der Waals surface area contributed by atoms with Gasteiger partial charge >= 0.3 is 16.2 Å². The van der Waals surface area contributed by atoms with Crippen LogP contribution in [-0.2, 0) is 29.7 Å². The van der Waals surface area contributed by atoms with Crippen LogP contribution in [0.25, 0.3) is 0 Å². The zero-order chi connectivity index (χ0) is 21.0. The fourth-order valence-corrected chi connectivity index (χ4v) is 7.72. The first-order chi connectivity index (χ1) is 13.1. The van der Waals surface area contributed by atoms with Crippen molar-refractivity contribution in [3.05, 3.63) is 30.3 Å². The van der Waals surface area contributed by atoms with E-state index in [0.717, 1.165) is 4.31 Å². The molecule has 1 aromatic carbocycles. The van der Waals surface area contributed by atoms with Crippen molar-refractivity contribution in [3.63, 3.8) is 0 Å². The minimum atomic E-state index is -4.36. The Morgan fingerprint density at radius 1 is 1.21 bits per heavy atom. The van der Waals surface area contributed by atoms with Crippen LogP contribution >= 0.6 is 0 Å². The summed E-state index contributed by atoms with van der Waals surface area (Å²) in [5, 5.41) is 0. The molecule has 10 heteroatoms. The van der Waals surface area contributed by atoms with E-state index in [9.17, 15) is 17.4 Å². The van der Waals surface area contributed by atoms with Crippen molar-refractivity contribution in [2.75, 3.05) is 27.2 Å². The van der Waals surface area contributed by atoms with Gasteiger partial charge in [-0.1, -0.05) is 35.3 Å². The van der Waals surface area contributed by atoms with Gasteiger partial charge in [0.2, 0.25) is 0 Å². The van der Waals surface area contributed by atoms with Gasteiger partial charge in [-0.05, 0) is 38.3 Å². The summed E-state index contributed by atoms with van der Waals surface area (Å²) in [6.45, 7) is 3.87. The maximum Gasteiger partial charge on any atom is 0.332 e. The van der Waals surface area contributed by atoms with E-state index in [1.807, 2.05) is 6.92 Å². The van der Waals surface area contributed by atoms with Crippen LogP contribution in [0.3, 0.4) is 0 Å². The van der Waals surface area contributed by atoms with E-state index in [1.54, 1.807) is 37.3 Å². The Bertz CT molecular complexity index is 908. The largest absolute Gasteiger partial charge is 0.465 e. The van der Waals surface area contributed by atoms with Crippen LogP contribution in [0, 0.1) is 0 Å². The number of benzene rings is 1. The molecule has 8 nitrogen and oxygen atoms in total. The third-order valence-corrected chi connectivity index (χ3v) is 9.29. The third kappa shape index (κ3) is 4.24. The lowest BCUT2D eigenvalue weighted by Crippen LogP contribution is -2.53. The number of rotatable bonds is 8. The Morgan fingerprint density at radius 2 is 1.86 bits per heavy atom. The zero-order valence-electron chi connectivity index (χ0n) is 16.8. The summed E-state index contributed by atoms with van der Waals surface area (Å²) >= 11 is 0. The maximum atomic E-state index is 13.6. The van der Waals surface area contributed by atoms with E-state index >= 15 is 0 Å². The van der Waals surface area contributed by atoms with Gasteiger partial charge in [-0.3, -0.25) is 4.79 Å². The number of esters is 1. The van der Waals surface area contributed by atoms with Gasteiger partial charge in [-0.25, -0.2) is 8.51 Å². The molecule has 1 aliphatic heterocycles. The summed E-state index contributed by atoms with van der Waals surface area (Å²) in [5.41, 5.74) is -1.30. The summed E-state index contributed by atoms with van der Waals surface area (Å²) in [5.74, 6) is -0.566. The van der Waals surface area contributed by atoms with Crippen molar-refractivity contribution >= 4 is 26.1 Å². The summed E-state index contributed by atoms with van der Waals surface area (Å²) < 4.78 is 51.5. The molecule has 2 atom stereocenters. The van der Waals surface area contributed by atoms with Crippen molar-refractivity contribution < 1.29 is 22.2 Å². The molecule has 0 spiro atoms. The van der Waals surface area contributed by atoms with Crippen LogP contribution in [-0.4, -0.2) is 60.0 Å². The van der Waals surface area contributed by atoms with Gasteiger partial charge < -0.3 is 4.74 Å². The Morgan fingerprint density at radius 3 is 2.39 bits per heavy atom. The van der Waals surface area contributed by atoms with Crippen molar-refractivity contribution in [2.24, 2.45) is 3.77 Å². The molecule has 0 radical (unpaired) electrons. The van der Waals surface area contributed by atoms with Gasteiger partial charge in [0.05, 0.1) is 11.5 Å². The molecule has 1 aliphatic rings. The average Bonchev–Trinajstić information content (AvgIpc) is 3.08. The van der Waals surface area contributed by atoms with Crippen LogP contribution in [0.1, 0.15) is 39.5 Å². The highest BCUT2D eigenvalue weighted by atomic mass is 32.3. The number of ether oxygens (including phenoxy) is 1. The second kappa shape index (κ2) is 8.89. The minimum absolute atomic E-state index is 0.141. The number of nitrogens with zero attached hydrogens (tertiary/aromatic N) is 3. The van der Waals surface area contributed by atoms with Gasteiger partial charge in [0, 0.05) is 20.6 Å². The molecule has 2 rings (SSSR count). The molecule has 1 fully saturated rings. The molecule has 0 aliphatic carbocycles. The van der Waals surface area contributed by atoms with Crippen LogP contribution in [0.15, 0.2) is 39.0 Å².